The second-order valence-electron chi connectivity index (χ2n) is 6.43. The van der Waals surface area contributed by atoms with Gasteiger partial charge in [-0.25, -0.2) is 0 Å². The van der Waals surface area contributed by atoms with Gasteiger partial charge in [0.25, 0.3) is 11.6 Å². The number of nitro groups is 1. The lowest BCUT2D eigenvalue weighted by Gasteiger charge is -2.31. The van der Waals surface area contributed by atoms with E-state index in [0.29, 0.717) is 12.5 Å². The number of hydrogen-bond acceptors (Lipinski definition) is 5. The van der Waals surface area contributed by atoms with Gasteiger partial charge < -0.3 is 9.73 Å². The van der Waals surface area contributed by atoms with E-state index in [2.05, 4.69) is 10.2 Å². The lowest BCUT2D eigenvalue weighted by Crippen LogP contribution is -2.38. The highest BCUT2D eigenvalue weighted by atomic mass is 35.5. The minimum Gasteiger partial charge on any atom is -0.468 e. The molecule has 0 saturated carbocycles. The summed E-state index contributed by atoms with van der Waals surface area (Å²) in [4.78, 5) is 24.9. The van der Waals surface area contributed by atoms with E-state index in [1.54, 1.807) is 6.26 Å². The van der Waals surface area contributed by atoms with Gasteiger partial charge in [0, 0.05) is 18.2 Å². The standard InChI is InChI=1S/C18H20ClN3O4/c19-16-4-3-14(10-17(16)22(24)25)18(23)20-11-13-5-7-21(8-6-13)12-15-2-1-9-26-15/h1-4,9-10,13H,5-8,11-12H2,(H,20,23). The number of carbonyl (C=O) groups is 1. The van der Waals surface area contributed by atoms with E-state index in [1.807, 2.05) is 12.1 Å². The monoisotopic (exact) mass is 377 g/mol. The Morgan fingerprint density at radius 3 is 2.77 bits per heavy atom. The smallest absolute Gasteiger partial charge is 0.288 e. The maximum Gasteiger partial charge on any atom is 0.288 e. The molecular formula is C18H20ClN3O4. The number of hydrogen-bond donors (Lipinski definition) is 1. The molecule has 0 atom stereocenters. The van der Waals surface area contributed by atoms with Crippen molar-refractivity contribution < 1.29 is 14.1 Å². The van der Waals surface area contributed by atoms with Crippen LogP contribution in [0, 0.1) is 16.0 Å². The quantitative estimate of drug-likeness (QED) is 0.615. The molecular weight excluding hydrogens is 358 g/mol. The molecule has 1 N–H and O–H groups in total. The molecule has 0 unspecified atom stereocenters. The molecule has 1 aromatic heterocycles. The van der Waals surface area contributed by atoms with E-state index < -0.39 is 4.92 Å². The second-order valence-corrected chi connectivity index (χ2v) is 6.84. The number of likely N-dealkylation sites (tertiary alicyclic amines) is 1. The highest BCUT2D eigenvalue weighted by Crippen LogP contribution is 2.25. The molecule has 7 nitrogen and oxygen atoms in total. The molecule has 1 aliphatic rings. The number of nitrogens with zero attached hydrogens (tertiary/aromatic N) is 2. The molecule has 3 rings (SSSR count). The van der Waals surface area contributed by atoms with E-state index in [1.165, 1.54) is 18.2 Å². The van der Waals surface area contributed by atoms with Gasteiger partial charge in [0.15, 0.2) is 0 Å². The van der Waals surface area contributed by atoms with E-state index in [-0.39, 0.29) is 22.2 Å². The molecule has 0 bridgehead atoms. The summed E-state index contributed by atoms with van der Waals surface area (Å²) in [6.45, 7) is 3.27. The SMILES string of the molecule is O=C(NCC1CCN(Cc2ccco2)CC1)c1ccc(Cl)c([N+](=O)[O-])c1. The fraction of sp³-hybridized carbons (Fsp3) is 0.389. The summed E-state index contributed by atoms with van der Waals surface area (Å²) in [7, 11) is 0. The first-order chi connectivity index (χ1) is 12.5. The van der Waals surface area contributed by atoms with Crippen LogP contribution in [0.25, 0.3) is 0 Å². The van der Waals surface area contributed by atoms with Gasteiger partial charge in [0.2, 0.25) is 0 Å². The van der Waals surface area contributed by atoms with E-state index in [9.17, 15) is 14.9 Å². The third-order valence-electron chi connectivity index (χ3n) is 4.62. The average molecular weight is 378 g/mol. The van der Waals surface area contributed by atoms with Gasteiger partial charge in [-0.1, -0.05) is 11.6 Å². The summed E-state index contributed by atoms with van der Waals surface area (Å²) in [5, 5.41) is 13.8. The summed E-state index contributed by atoms with van der Waals surface area (Å²) in [6.07, 6.45) is 3.65. The first-order valence-electron chi connectivity index (χ1n) is 8.50. The van der Waals surface area contributed by atoms with E-state index >= 15 is 0 Å². The number of furan rings is 1. The number of carbonyl (C=O) groups excluding carboxylic acids is 1. The molecule has 138 valence electrons. The molecule has 1 fully saturated rings. The average Bonchev–Trinajstić information content (AvgIpc) is 3.14. The zero-order valence-electron chi connectivity index (χ0n) is 14.2. The summed E-state index contributed by atoms with van der Waals surface area (Å²) in [5.74, 6) is 1.04. The first-order valence-corrected chi connectivity index (χ1v) is 8.87. The predicted octanol–water partition coefficient (Wildman–Crippen LogP) is 3.48. The zero-order chi connectivity index (χ0) is 18.5. The normalized spacial score (nSPS) is 15.7. The number of nitrogens with one attached hydrogen (secondary N) is 1. The Labute approximate surface area is 156 Å². The van der Waals surface area contributed by atoms with Crippen LogP contribution < -0.4 is 5.32 Å². The molecule has 26 heavy (non-hydrogen) atoms. The highest BCUT2D eigenvalue weighted by Gasteiger charge is 2.21. The van der Waals surface area contributed by atoms with Crippen LogP contribution >= 0.6 is 11.6 Å². The highest BCUT2D eigenvalue weighted by molar-refractivity contribution is 6.32. The van der Waals surface area contributed by atoms with Gasteiger partial charge in [-0.2, -0.15) is 0 Å². The second kappa shape index (κ2) is 8.33. The Balaban J connectivity index is 1.47. The molecule has 1 aromatic carbocycles. The Morgan fingerprint density at radius 2 is 2.12 bits per heavy atom. The summed E-state index contributed by atoms with van der Waals surface area (Å²) >= 11 is 5.77. The van der Waals surface area contributed by atoms with Crippen LogP contribution in [0.15, 0.2) is 41.0 Å². The Kier molecular flexibility index (Phi) is 5.90. The Morgan fingerprint density at radius 1 is 1.35 bits per heavy atom. The van der Waals surface area contributed by atoms with Crippen molar-refractivity contribution in [2.75, 3.05) is 19.6 Å². The number of nitro benzene ring substituents is 1. The molecule has 8 heteroatoms. The van der Waals surface area contributed by atoms with Gasteiger partial charge in [0.1, 0.15) is 10.8 Å². The van der Waals surface area contributed by atoms with Gasteiger partial charge in [-0.05, 0) is 56.1 Å². The molecule has 1 aliphatic heterocycles. The van der Waals surface area contributed by atoms with Crippen LogP contribution in [0.5, 0.6) is 0 Å². The van der Waals surface area contributed by atoms with Crippen molar-refractivity contribution in [3.63, 3.8) is 0 Å². The van der Waals surface area contributed by atoms with Gasteiger partial charge in [-0.3, -0.25) is 19.8 Å². The summed E-state index contributed by atoms with van der Waals surface area (Å²) in [6, 6.07) is 7.94. The number of amides is 1. The lowest BCUT2D eigenvalue weighted by atomic mass is 9.96. The third-order valence-corrected chi connectivity index (χ3v) is 4.94. The van der Waals surface area contributed by atoms with Crippen molar-refractivity contribution in [3.05, 3.63) is 63.1 Å². The van der Waals surface area contributed by atoms with Crippen LogP contribution in [0.3, 0.4) is 0 Å². The van der Waals surface area contributed by atoms with Crippen LogP contribution in [0.1, 0.15) is 29.0 Å². The van der Waals surface area contributed by atoms with Crippen molar-refractivity contribution in [1.82, 2.24) is 10.2 Å². The minimum absolute atomic E-state index is 0.0236. The van der Waals surface area contributed by atoms with E-state index in [0.717, 1.165) is 38.2 Å². The van der Waals surface area contributed by atoms with Crippen molar-refractivity contribution in [2.24, 2.45) is 5.92 Å². The van der Waals surface area contributed by atoms with E-state index in [4.69, 9.17) is 16.0 Å². The Hall–Kier alpha value is -2.38. The first kappa shape index (κ1) is 18.4. The molecule has 0 spiro atoms. The number of halogens is 1. The number of piperidine rings is 1. The third kappa shape index (κ3) is 4.62. The Bertz CT molecular complexity index is 771. The predicted molar refractivity (Wildman–Crippen MR) is 97.1 cm³/mol. The zero-order valence-corrected chi connectivity index (χ0v) is 14.9. The summed E-state index contributed by atoms with van der Waals surface area (Å²) in [5.41, 5.74) is -0.0121. The minimum atomic E-state index is -0.589. The molecule has 2 aromatic rings. The van der Waals surface area contributed by atoms with Crippen molar-refractivity contribution in [2.45, 2.75) is 19.4 Å². The lowest BCUT2D eigenvalue weighted by molar-refractivity contribution is -0.384. The molecule has 0 radical (unpaired) electrons. The maximum atomic E-state index is 12.2. The van der Waals surface area contributed by atoms with Gasteiger partial charge >= 0.3 is 0 Å². The van der Waals surface area contributed by atoms with Crippen LogP contribution in [0.4, 0.5) is 5.69 Å². The van der Waals surface area contributed by atoms with Gasteiger partial charge in [0.05, 0.1) is 17.7 Å². The molecule has 1 saturated heterocycles. The van der Waals surface area contributed by atoms with Crippen molar-refractivity contribution >= 4 is 23.2 Å². The maximum absolute atomic E-state index is 12.2. The van der Waals surface area contributed by atoms with Crippen LogP contribution in [-0.4, -0.2) is 35.4 Å². The topological polar surface area (TPSA) is 88.6 Å². The number of rotatable bonds is 6. The van der Waals surface area contributed by atoms with Crippen LogP contribution in [0.2, 0.25) is 5.02 Å². The van der Waals surface area contributed by atoms with Crippen LogP contribution in [-0.2, 0) is 6.54 Å². The van der Waals surface area contributed by atoms with Crippen molar-refractivity contribution in [1.29, 1.82) is 0 Å². The fourth-order valence-electron chi connectivity index (χ4n) is 3.10. The largest absolute Gasteiger partial charge is 0.468 e. The fourth-order valence-corrected chi connectivity index (χ4v) is 3.29. The van der Waals surface area contributed by atoms with Gasteiger partial charge in [-0.15, -0.1) is 0 Å². The summed E-state index contributed by atoms with van der Waals surface area (Å²) < 4.78 is 5.37. The molecule has 0 aliphatic carbocycles. The molecule has 1 amide bonds. The van der Waals surface area contributed by atoms with Crippen molar-refractivity contribution in [3.8, 4) is 0 Å². The molecule has 2 heterocycles. The number of benzene rings is 1.